The number of carbonyl (C=O) groups is 1. The molecule has 1 aliphatic heterocycles. The van der Waals surface area contributed by atoms with Crippen LogP contribution in [0.1, 0.15) is 42.3 Å². The molecule has 1 amide bonds. The molecule has 0 spiro atoms. The largest absolute Gasteiger partial charge is 0.379 e. The molecule has 1 atom stereocenters. The van der Waals surface area contributed by atoms with Crippen LogP contribution in [-0.4, -0.2) is 68.8 Å². The summed E-state index contributed by atoms with van der Waals surface area (Å²) in [5.74, 6) is 0.339. The number of amides is 1. The van der Waals surface area contributed by atoms with E-state index in [4.69, 9.17) is 4.74 Å². The second kappa shape index (κ2) is 7.05. The molecule has 136 valence electrons. The summed E-state index contributed by atoms with van der Waals surface area (Å²) in [7, 11) is 0. The van der Waals surface area contributed by atoms with Crippen LogP contribution in [0.2, 0.25) is 0 Å². The molecule has 0 aliphatic carbocycles. The van der Waals surface area contributed by atoms with Crippen LogP contribution < -0.4 is 5.32 Å². The smallest absolute Gasteiger partial charge is 0.291 e. The highest BCUT2D eigenvalue weighted by atomic mass is 16.5. The normalized spacial score (nSPS) is 18.2. The first-order valence-corrected chi connectivity index (χ1v) is 8.75. The molecule has 8 nitrogen and oxygen atoms in total. The van der Waals surface area contributed by atoms with Crippen molar-refractivity contribution in [2.75, 3.05) is 32.8 Å². The highest BCUT2D eigenvalue weighted by molar-refractivity contribution is 5.90. The van der Waals surface area contributed by atoms with E-state index in [2.05, 4.69) is 39.1 Å². The van der Waals surface area contributed by atoms with Gasteiger partial charge in [0.05, 0.1) is 13.2 Å². The van der Waals surface area contributed by atoms with Crippen molar-refractivity contribution in [1.29, 1.82) is 0 Å². The van der Waals surface area contributed by atoms with Crippen LogP contribution in [0.25, 0.3) is 5.78 Å². The number of nitrogens with one attached hydrogen (secondary N) is 1. The third-order valence-electron chi connectivity index (χ3n) is 4.99. The molecular formula is C17H26N6O2. The number of ether oxygens (including phenoxy) is 1. The zero-order chi connectivity index (χ0) is 18.0. The quantitative estimate of drug-likeness (QED) is 0.868. The van der Waals surface area contributed by atoms with Crippen molar-refractivity contribution in [1.82, 2.24) is 29.8 Å². The van der Waals surface area contributed by atoms with Crippen molar-refractivity contribution >= 4 is 11.7 Å². The zero-order valence-corrected chi connectivity index (χ0v) is 15.4. The van der Waals surface area contributed by atoms with Crippen molar-refractivity contribution in [2.45, 2.75) is 39.7 Å². The van der Waals surface area contributed by atoms with E-state index in [1.54, 1.807) is 4.52 Å². The number of fused-ring (bicyclic) bond motifs is 1. The van der Waals surface area contributed by atoms with Gasteiger partial charge in [-0.1, -0.05) is 6.92 Å². The SMILES string of the molecule is CC[C@@](C)(CNC(=O)c1nc2nc(C)cc(C)n2n1)N1CCOCC1. The molecule has 8 heteroatoms. The Labute approximate surface area is 147 Å². The number of morpholine rings is 1. The van der Waals surface area contributed by atoms with Crippen LogP contribution >= 0.6 is 0 Å². The third kappa shape index (κ3) is 3.64. The van der Waals surface area contributed by atoms with Gasteiger partial charge in [-0.2, -0.15) is 4.98 Å². The van der Waals surface area contributed by atoms with Crippen LogP contribution in [0.3, 0.4) is 0 Å². The number of aryl methyl sites for hydroxylation is 2. The highest BCUT2D eigenvalue weighted by Gasteiger charge is 2.32. The third-order valence-corrected chi connectivity index (χ3v) is 4.99. The van der Waals surface area contributed by atoms with Gasteiger partial charge < -0.3 is 10.1 Å². The topological polar surface area (TPSA) is 84.7 Å². The predicted molar refractivity (Wildman–Crippen MR) is 93.7 cm³/mol. The summed E-state index contributed by atoms with van der Waals surface area (Å²) in [4.78, 5) is 23.5. The maximum absolute atomic E-state index is 12.5. The Morgan fingerprint density at radius 1 is 1.32 bits per heavy atom. The average Bonchev–Trinajstić information content (AvgIpc) is 3.04. The van der Waals surface area contributed by atoms with Crippen LogP contribution in [-0.2, 0) is 4.74 Å². The van der Waals surface area contributed by atoms with Gasteiger partial charge in [0, 0.05) is 36.6 Å². The average molecular weight is 346 g/mol. The van der Waals surface area contributed by atoms with Gasteiger partial charge in [-0.15, -0.1) is 5.10 Å². The van der Waals surface area contributed by atoms with E-state index in [-0.39, 0.29) is 17.3 Å². The van der Waals surface area contributed by atoms with E-state index in [0.717, 1.165) is 44.1 Å². The summed E-state index contributed by atoms with van der Waals surface area (Å²) in [6, 6.07) is 1.91. The summed E-state index contributed by atoms with van der Waals surface area (Å²) in [5, 5.41) is 7.28. The molecule has 0 radical (unpaired) electrons. The van der Waals surface area contributed by atoms with Gasteiger partial charge in [-0.3, -0.25) is 9.69 Å². The Bertz CT molecular complexity index is 768. The first kappa shape index (κ1) is 17.8. The lowest BCUT2D eigenvalue weighted by Gasteiger charge is -2.42. The summed E-state index contributed by atoms with van der Waals surface area (Å²) < 4.78 is 7.03. The summed E-state index contributed by atoms with van der Waals surface area (Å²) >= 11 is 0. The number of aromatic nitrogens is 4. The molecule has 0 aromatic carbocycles. The van der Waals surface area contributed by atoms with Gasteiger partial charge in [-0.25, -0.2) is 9.50 Å². The fourth-order valence-electron chi connectivity index (χ4n) is 3.18. The maximum atomic E-state index is 12.5. The number of nitrogens with zero attached hydrogens (tertiary/aromatic N) is 5. The van der Waals surface area contributed by atoms with Crippen LogP contribution in [0.5, 0.6) is 0 Å². The summed E-state index contributed by atoms with van der Waals surface area (Å²) in [5.41, 5.74) is 1.65. The fraction of sp³-hybridized carbons (Fsp3) is 0.647. The monoisotopic (exact) mass is 346 g/mol. The Balaban J connectivity index is 1.72. The van der Waals surface area contributed by atoms with E-state index in [1.165, 1.54) is 0 Å². The van der Waals surface area contributed by atoms with Gasteiger partial charge in [0.25, 0.3) is 11.7 Å². The minimum absolute atomic E-state index is 0.108. The van der Waals surface area contributed by atoms with Crippen LogP contribution in [0.15, 0.2) is 6.07 Å². The molecule has 1 N–H and O–H groups in total. The number of hydrogen-bond donors (Lipinski definition) is 1. The Kier molecular flexibility index (Phi) is 5.01. The molecule has 1 fully saturated rings. The number of rotatable bonds is 5. The maximum Gasteiger partial charge on any atom is 0.291 e. The van der Waals surface area contributed by atoms with E-state index >= 15 is 0 Å². The second-order valence-corrected chi connectivity index (χ2v) is 6.82. The molecule has 0 unspecified atom stereocenters. The molecule has 2 aromatic heterocycles. The standard InChI is InChI=1S/C17H26N6O2/c1-5-17(4,22-6-8-25-9-7-22)11-18-15(24)14-20-16-19-12(2)10-13(3)23(16)21-14/h10H,5-9,11H2,1-4H3,(H,18,24)/t17-/m0/s1. The Morgan fingerprint density at radius 3 is 2.72 bits per heavy atom. The fourth-order valence-corrected chi connectivity index (χ4v) is 3.18. The molecule has 1 aliphatic rings. The van der Waals surface area contributed by atoms with E-state index in [1.807, 2.05) is 19.9 Å². The van der Waals surface area contributed by atoms with E-state index < -0.39 is 0 Å². The minimum Gasteiger partial charge on any atom is -0.379 e. The van der Waals surface area contributed by atoms with E-state index in [9.17, 15) is 4.79 Å². The van der Waals surface area contributed by atoms with Gasteiger partial charge in [-0.05, 0) is 33.3 Å². The van der Waals surface area contributed by atoms with Gasteiger partial charge in [0.2, 0.25) is 5.82 Å². The first-order valence-electron chi connectivity index (χ1n) is 8.75. The number of carbonyl (C=O) groups excluding carboxylic acids is 1. The molecule has 3 rings (SSSR count). The molecular weight excluding hydrogens is 320 g/mol. The van der Waals surface area contributed by atoms with Crippen LogP contribution in [0, 0.1) is 13.8 Å². The molecule has 0 saturated carbocycles. The zero-order valence-electron chi connectivity index (χ0n) is 15.4. The second-order valence-electron chi connectivity index (χ2n) is 6.82. The van der Waals surface area contributed by atoms with E-state index in [0.29, 0.717) is 12.3 Å². The minimum atomic E-state index is -0.268. The Hall–Kier alpha value is -2.06. The molecule has 2 aromatic rings. The molecule has 0 bridgehead atoms. The number of hydrogen-bond acceptors (Lipinski definition) is 6. The van der Waals surface area contributed by atoms with Crippen molar-refractivity contribution in [2.24, 2.45) is 0 Å². The molecule has 3 heterocycles. The summed E-state index contributed by atoms with van der Waals surface area (Å²) in [6.45, 7) is 11.9. The van der Waals surface area contributed by atoms with Crippen molar-refractivity contribution in [3.05, 3.63) is 23.3 Å². The van der Waals surface area contributed by atoms with Crippen molar-refractivity contribution in [3.8, 4) is 0 Å². The lowest BCUT2D eigenvalue weighted by atomic mass is 9.95. The van der Waals surface area contributed by atoms with Gasteiger partial charge in [0.1, 0.15) is 0 Å². The van der Waals surface area contributed by atoms with Crippen molar-refractivity contribution < 1.29 is 9.53 Å². The van der Waals surface area contributed by atoms with Crippen molar-refractivity contribution in [3.63, 3.8) is 0 Å². The predicted octanol–water partition coefficient (Wildman–Crippen LogP) is 0.972. The van der Waals surface area contributed by atoms with Crippen LogP contribution in [0.4, 0.5) is 0 Å². The first-order chi connectivity index (χ1) is 11.9. The molecule has 1 saturated heterocycles. The van der Waals surface area contributed by atoms with Gasteiger partial charge in [0.15, 0.2) is 0 Å². The lowest BCUT2D eigenvalue weighted by molar-refractivity contribution is -0.0169. The lowest BCUT2D eigenvalue weighted by Crippen LogP contribution is -2.56. The van der Waals surface area contributed by atoms with Gasteiger partial charge >= 0.3 is 0 Å². The molecule has 25 heavy (non-hydrogen) atoms. The highest BCUT2D eigenvalue weighted by Crippen LogP contribution is 2.20. The Morgan fingerprint density at radius 2 is 2.04 bits per heavy atom. The summed E-state index contributed by atoms with van der Waals surface area (Å²) in [6.07, 6.45) is 0.936.